The van der Waals surface area contributed by atoms with Gasteiger partial charge >= 0.3 is 5.97 Å². The van der Waals surface area contributed by atoms with Crippen LogP contribution in [-0.4, -0.2) is 51.7 Å². The minimum absolute atomic E-state index is 0.00367. The number of carbonyl (C=O) groups is 2. The molecule has 32 heavy (non-hydrogen) atoms. The molecule has 2 aromatic heterocycles. The van der Waals surface area contributed by atoms with Gasteiger partial charge in [0.2, 0.25) is 0 Å². The Labute approximate surface area is 189 Å². The van der Waals surface area contributed by atoms with Gasteiger partial charge in [-0.1, -0.05) is 24.3 Å². The summed E-state index contributed by atoms with van der Waals surface area (Å²) in [6.07, 6.45) is 13.0. The van der Waals surface area contributed by atoms with Crippen LogP contribution in [0.1, 0.15) is 35.5 Å². The first-order valence-electron chi connectivity index (χ1n) is 10.8. The average Bonchev–Trinajstić information content (AvgIpc) is 3.32. The normalized spacial score (nSPS) is 17.9. The van der Waals surface area contributed by atoms with E-state index in [2.05, 4.69) is 33.4 Å². The molecule has 164 valence electrons. The van der Waals surface area contributed by atoms with E-state index in [4.69, 9.17) is 4.74 Å². The predicted octanol–water partition coefficient (Wildman–Crippen LogP) is 4.36. The fourth-order valence-electron chi connectivity index (χ4n) is 4.07. The number of esters is 1. The van der Waals surface area contributed by atoms with Crippen LogP contribution in [0.5, 0.6) is 0 Å². The van der Waals surface area contributed by atoms with E-state index in [-0.39, 0.29) is 30.3 Å². The zero-order valence-electron chi connectivity index (χ0n) is 17.8. The zero-order valence-corrected chi connectivity index (χ0v) is 18.6. The highest BCUT2D eigenvalue weighted by molar-refractivity contribution is 7.20. The van der Waals surface area contributed by atoms with Crippen molar-refractivity contribution in [2.75, 3.05) is 13.7 Å². The van der Waals surface area contributed by atoms with Crippen molar-refractivity contribution in [3.8, 4) is 11.1 Å². The Hall–Kier alpha value is -3.26. The molecule has 2 aliphatic rings. The maximum atomic E-state index is 13.4. The second-order valence-electron chi connectivity index (χ2n) is 8.27. The van der Waals surface area contributed by atoms with Gasteiger partial charge in [0, 0.05) is 24.3 Å². The number of benzene rings is 1. The topological polar surface area (TPSA) is 88.2 Å². The minimum Gasteiger partial charge on any atom is -0.469 e. The Bertz CT molecular complexity index is 1210. The molecule has 2 aliphatic carbocycles. The lowest BCUT2D eigenvalue weighted by Crippen LogP contribution is -2.37. The Morgan fingerprint density at radius 3 is 2.91 bits per heavy atom. The number of hydrogen-bond donors (Lipinski definition) is 1. The number of fused-ring (bicyclic) bond motifs is 1. The van der Waals surface area contributed by atoms with Crippen LogP contribution in [0.3, 0.4) is 0 Å². The summed E-state index contributed by atoms with van der Waals surface area (Å²) in [5.74, 6) is -0.0664. The molecule has 5 rings (SSSR count). The number of H-pyrrole nitrogens is 1. The van der Waals surface area contributed by atoms with E-state index in [0.29, 0.717) is 11.6 Å². The molecule has 1 unspecified atom stereocenters. The Morgan fingerprint density at radius 2 is 2.16 bits per heavy atom. The minimum atomic E-state index is -0.249. The van der Waals surface area contributed by atoms with E-state index in [1.165, 1.54) is 18.4 Å². The third-order valence-electron chi connectivity index (χ3n) is 5.88. The molecule has 0 bridgehead atoms. The number of aromatic amines is 1. The lowest BCUT2D eigenvalue weighted by Gasteiger charge is -2.26. The molecule has 1 aromatic carbocycles. The highest BCUT2D eigenvalue weighted by Gasteiger charge is 2.35. The number of carbonyl (C=O) groups excluding carboxylic acids is 2. The molecule has 1 saturated carbocycles. The summed E-state index contributed by atoms with van der Waals surface area (Å²) in [5, 5.41) is 7.37. The van der Waals surface area contributed by atoms with Crippen LogP contribution < -0.4 is 0 Å². The molecular formula is C24H24N4O3S. The molecule has 3 aromatic rings. The van der Waals surface area contributed by atoms with Crippen molar-refractivity contribution in [3.05, 3.63) is 59.4 Å². The van der Waals surface area contributed by atoms with E-state index in [9.17, 15) is 9.59 Å². The predicted molar refractivity (Wildman–Crippen MR) is 123 cm³/mol. The van der Waals surface area contributed by atoms with Crippen molar-refractivity contribution < 1.29 is 14.3 Å². The van der Waals surface area contributed by atoms with Gasteiger partial charge in [0.25, 0.3) is 5.91 Å². The summed E-state index contributed by atoms with van der Waals surface area (Å²) >= 11 is 1.44. The Kier molecular flexibility index (Phi) is 5.61. The number of hydrogen-bond acceptors (Lipinski definition) is 6. The lowest BCUT2D eigenvalue weighted by molar-refractivity contribution is -0.139. The Morgan fingerprint density at radius 1 is 1.28 bits per heavy atom. The first-order valence-corrected chi connectivity index (χ1v) is 11.6. The van der Waals surface area contributed by atoms with E-state index in [0.717, 1.165) is 46.2 Å². The number of rotatable bonds is 7. The molecule has 0 spiro atoms. The molecule has 1 fully saturated rings. The first kappa shape index (κ1) is 20.6. The third-order valence-corrected chi connectivity index (χ3v) is 6.89. The largest absolute Gasteiger partial charge is 0.469 e. The van der Waals surface area contributed by atoms with Crippen LogP contribution in [0.15, 0.2) is 54.4 Å². The zero-order chi connectivity index (χ0) is 22.1. The average molecular weight is 449 g/mol. The molecule has 0 radical (unpaired) electrons. The number of nitrogens with one attached hydrogen (secondary N) is 1. The van der Waals surface area contributed by atoms with Gasteiger partial charge in [0.05, 0.1) is 29.9 Å². The second-order valence-corrected chi connectivity index (χ2v) is 9.30. The van der Waals surface area contributed by atoms with Gasteiger partial charge in [-0.2, -0.15) is 5.10 Å². The maximum Gasteiger partial charge on any atom is 0.309 e. The summed E-state index contributed by atoms with van der Waals surface area (Å²) in [7, 11) is 1.40. The maximum absolute atomic E-state index is 13.4. The molecule has 1 atom stereocenters. The van der Waals surface area contributed by atoms with Crippen LogP contribution in [0.25, 0.3) is 21.3 Å². The smallest absolute Gasteiger partial charge is 0.309 e. The van der Waals surface area contributed by atoms with Crippen molar-refractivity contribution in [1.82, 2.24) is 20.1 Å². The third kappa shape index (κ3) is 4.36. The molecule has 0 saturated heterocycles. The van der Waals surface area contributed by atoms with Gasteiger partial charge in [-0.15, -0.1) is 11.3 Å². The molecule has 8 heteroatoms. The van der Waals surface area contributed by atoms with E-state index >= 15 is 0 Å². The number of amides is 1. The van der Waals surface area contributed by atoms with Crippen molar-refractivity contribution in [1.29, 1.82) is 0 Å². The highest BCUT2D eigenvalue weighted by Crippen LogP contribution is 2.33. The number of ether oxygens (including phenoxy) is 1. The van der Waals surface area contributed by atoms with Crippen LogP contribution in [-0.2, 0) is 9.53 Å². The van der Waals surface area contributed by atoms with Crippen LogP contribution in [0, 0.1) is 5.92 Å². The number of allylic oxidation sites excluding steroid dienone is 2. The van der Waals surface area contributed by atoms with Gasteiger partial charge < -0.3 is 9.64 Å². The van der Waals surface area contributed by atoms with Crippen LogP contribution in [0.2, 0.25) is 0 Å². The summed E-state index contributed by atoms with van der Waals surface area (Å²) in [6, 6.07) is 6.30. The lowest BCUT2D eigenvalue weighted by atomic mass is 9.94. The van der Waals surface area contributed by atoms with E-state index < -0.39 is 0 Å². The highest BCUT2D eigenvalue weighted by atomic mass is 32.1. The number of aromatic nitrogens is 3. The van der Waals surface area contributed by atoms with Gasteiger partial charge in [-0.3, -0.25) is 14.7 Å². The number of thiazole rings is 1. The standard InChI is InChI=1S/C24H24N4O3S/c1-31-22(29)10-15-3-2-4-16(9-15)14-28(19-6-7-19)24(30)23-27-20-8-5-17(11-21(20)32-23)18-12-25-26-13-18/h2-3,5,8-9,11-13,16,19H,4,6-7,10,14H2,1H3,(H,25,26). The summed E-state index contributed by atoms with van der Waals surface area (Å²) in [5.41, 5.74) is 3.84. The molecule has 1 amide bonds. The van der Waals surface area contributed by atoms with Crippen molar-refractivity contribution in [3.63, 3.8) is 0 Å². The van der Waals surface area contributed by atoms with E-state index in [1.54, 1.807) is 6.20 Å². The fourth-order valence-corrected chi connectivity index (χ4v) is 5.03. The van der Waals surface area contributed by atoms with Gasteiger partial charge in [-0.05, 0) is 48.4 Å². The summed E-state index contributed by atoms with van der Waals surface area (Å²) < 4.78 is 5.77. The van der Waals surface area contributed by atoms with Crippen molar-refractivity contribution >= 4 is 33.4 Å². The fraction of sp³-hybridized carbons (Fsp3) is 0.333. The monoisotopic (exact) mass is 448 g/mol. The van der Waals surface area contributed by atoms with Crippen molar-refractivity contribution in [2.45, 2.75) is 31.7 Å². The van der Waals surface area contributed by atoms with Crippen LogP contribution in [0.4, 0.5) is 0 Å². The van der Waals surface area contributed by atoms with Gasteiger partial charge in [-0.25, -0.2) is 4.98 Å². The second kappa shape index (κ2) is 8.70. The number of nitrogens with zero attached hydrogens (tertiary/aromatic N) is 3. The van der Waals surface area contributed by atoms with E-state index in [1.807, 2.05) is 29.3 Å². The molecule has 1 N–H and O–H groups in total. The Balaban J connectivity index is 1.35. The first-order chi connectivity index (χ1) is 15.6. The quantitative estimate of drug-likeness (QED) is 0.543. The molecule has 0 aliphatic heterocycles. The molecule has 2 heterocycles. The number of methoxy groups -OCH3 is 1. The van der Waals surface area contributed by atoms with Crippen molar-refractivity contribution in [2.24, 2.45) is 5.92 Å². The van der Waals surface area contributed by atoms with Gasteiger partial charge in [0.1, 0.15) is 0 Å². The summed E-state index contributed by atoms with van der Waals surface area (Å²) in [4.78, 5) is 31.7. The SMILES string of the molecule is COC(=O)CC1=CC(CN(C(=O)c2nc3ccc(-c4cn[nH]c4)cc3s2)C2CC2)CC=C1. The molecular weight excluding hydrogens is 424 g/mol. The molecule has 7 nitrogen and oxygen atoms in total. The summed E-state index contributed by atoms with van der Waals surface area (Å²) in [6.45, 7) is 0.634. The van der Waals surface area contributed by atoms with Crippen LogP contribution >= 0.6 is 11.3 Å². The van der Waals surface area contributed by atoms with Gasteiger partial charge in [0.15, 0.2) is 5.01 Å².